The number of rotatable bonds is 7. The molecule has 148 valence electrons. The van der Waals surface area contributed by atoms with Crippen LogP contribution in [0.25, 0.3) is 6.08 Å². The minimum Gasteiger partial charge on any atom is -0.454 e. The van der Waals surface area contributed by atoms with Gasteiger partial charge in [-0.25, -0.2) is 9.48 Å². The topological polar surface area (TPSA) is 74.1 Å². The molecule has 1 aromatic heterocycles. The van der Waals surface area contributed by atoms with E-state index in [1.54, 1.807) is 10.9 Å². The summed E-state index contributed by atoms with van der Waals surface area (Å²) in [5.41, 5.74) is 5.25. The molecule has 0 bridgehead atoms. The maximum atomic E-state index is 12.4. The molecule has 0 atom stereocenters. The molecule has 0 radical (unpaired) electrons. The Morgan fingerprint density at radius 1 is 1.03 bits per heavy atom. The van der Waals surface area contributed by atoms with E-state index in [0.717, 1.165) is 22.3 Å². The molecule has 0 saturated heterocycles. The lowest BCUT2D eigenvalue weighted by Gasteiger charge is -2.09. The molecule has 6 nitrogen and oxygen atoms in total. The predicted molar refractivity (Wildman–Crippen MR) is 111 cm³/mol. The third kappa shape index (κ3) is 5.48. The lowest BCUT2D eigenvalue weighted by Crippen LogP contribution is -2.14. The summed E-state index contributed by atoms with van der Waals surface area (Å²) < 4.78 is 6.76. The Kier molecular flexibility index (Phi) is 6.34. The Labute approximate surface area is 169 Å². The molecule has 0 aliphatic carbocycles. The normalized spacial score (nSPS) is 11.0. The van der Waals surface area contributed by atoms with Crippen LogP contribution in [0.4, 0.5) is 0 Å². The van der Waals surface area contributed by atoms with E-state index in [4.69, 9.17) is 4.74 Å². The second kappa shape index (κ2) is 9.10. The molecule has 0 aliphatic heterocycles. The van der Waals surface area contributed by atoms with E-state index >= 15 is 0 Å². The van der Waals surface area contributed by atoms with Crippen LogP contribution in [0.5, 0.6) is 0 Å². The first-order valence-corrected chi connectivity index (χ1v) is 9.32. The van der Waals surface area contributed by atoms with Crippen molar-refractivity contribution in [1.82, 2.24) is 15.0 Å². The van der Waals surface area contributed by atoms with Crippen LogP contribution < -0.4 is 0 Å². The number of Topliss-reactive ketones (excluding diaryl/α,β-unsaturated/α-hetero) is 1. The van der Waals surface area contributed by atoms with Crippen molar-refractivity contribution < 1.29 is 14.3 Å². The van der Waals surface area contributed by atoms with Gasteiger partial charge in [-0.15, -0.1) is 5.10 Å². The van der Waals surface area contributed by atoms with Gasteiger partial charge in [-0.2, -0.15) is 0 Å². The quantitative estimate of drug-likeness (QED) is 0.350. The second-order valence-electron chi connectivity index (χ2n) is 6.94. The van der Waals surface area contributed by atoms with Crippen LogP contribution in [0.15, 0.2) is 54.7 Å². The number of benzene rings is 2. The summed E-state index contributed by atoms with van der Waals surface area (Å²) in [4.78, 5) is 24.3. The second-order valence-corrected chi connectivity index (χ2v) is 6.94. The number of carbonyl (C=O) groups is 2. The predicted octanol–water partition coefficient (Wildman–Crippen LogP) is 3.69. The molecule has 3 aromatic rings. The summed E-state index contributed by atoms with van der Waals surface area (Å²) >= 11 is 0. The van der Waals surface area contributed by atoms with Crippen LogP contribution in [-0.2, 0) is 16.1 Å². The number of aromatic nitrogens is 3. The van der Waals surface area contributed by atoms with Crippen molar-refractivity contribution in [3.63, 3.8) is 0 Å². The summed E-state index contributed by atoms with van der Waals surface area (Å²) in [6.45, 7) is 6.12. The lowest BCUT2D eigenvalue weighted by atomic mass is 9.98. The van der Waals surface area contributed by atoms with E-state index in [2.05, 4.69) is 10.3 Å². The highest BCUT2D eigenvalue weighted by Crippen LogP contribution is 2.16. The van der Waals surface area contributed by atoms with Gasteiger partial charge in [0, 0.05) is 11.6 Å². The number of nitrogens with zero attached hydrogens (tertiary/aromatic N) is 3. The number of ether oxygens (including phenoxy) is 1. The molecule has 0 fully saturated rings. The minimum atomic E-state index is -0.600. The number of ketones is 1. The standard InChI is InChI=1S/C23H23N3O3/c1-16-11-18(3)21(12-17(16)2)22(27)15-29-23(28)10-9-20-14-26(25-24-20)13-19-7-5-4-6-8-19/h4-12,14H,13,15H2,1-3H3/b10-9+. The fourth-order valence-corrected chi connectivity index (χ4v) is 2.91. The molecule has 0 unspecified atom stereocenters. The van der Waals surface area contributed by atoms with Gasteiger partial charge < -0.3 is 4.74 Å². The van der Waals surface area contributed by atoms with E-state index in [1.807, 2.05) is 63.2 Å². The summed E-state index contributed by atoms with van der Waals surface area (Å²) in [5, 5.41) is 8.05. The summed E-state index contributed by atoms with van der Waals surface area (Å²) in [5.74, 6) is -0.821. The van der Waals surface area contributed by atoms with E-state index in [-0.39, 0.29) is 12.4 Å². The molecule has 1 heterocycles. The maximum absolute atomic E-state index is 12.4. The first-order valence-electron chi connectivity index (χ1n) is 9.32. The number of hydrogen-bond donors (Lipinski definition) is 0. The molecule has 6 heteroatoms. The van der Waals surface area contributed by atoms with Crippen LogP contribution in [0.1, 0.15) is 38.3 Å². The Bertz CT molecular complexity index is 1050. The van der Waals surface area contributed by atoms with Gasteiger partial charge in [-0.1, -0.05) is 41.6 Å². The van der Waals surface area contributed by atoms with Gasteiger partial charge in [-0.3, -0.25) is 4.79 Å². The fraction of sp³-hybridized carbons (Fsp3) is 0.217. The van der Waals surface area contributed by atoms with Crippen molar-refractivity contribution in [2.75, 3.05) is 6.61 Å². The zero-order valence-electron chi connectivity index (χ0n) is 16.8. The zero-order chi connectivity index (χ0) is 20.8. The van der Waals surface area contributed by atoms with Crippen molar-refractivity contribution in [2.24, 2.45) is 0 Å². The van der Waals surface area contributed by atoms with Gasteiger partial charge in [0.15, 0.2) is 6.61 Å². The third-order valence-corrected chi connectivity index (χ3v) is 4.62. The summed E-state index contributed by atoms with van der Waals surface area (Å²) in [7, 11) is 0. The number of hydrogen-bond acceptors (Lipinski definition) is 5. The molecular weight excluding hydrogens is 366 g/mol. The Morgan fingerprint density at radius 2 is 1.76 bits per heavy atom. The molecule has 3 rings (SSSR count). The molecular formula is C23H23N3O3. The van der Waals surface area contributed by atoms with Gasteiger partial charge >= 0.3 is 5.97 Å². The monoisotopic (exact) mass is 389 g/mol. The molecule has 29 heavy (non-hydrogen) atoms. The molecule has 0 saturated carbocycles. The van der Waals surface area contributed by atoms with Gasteiger partial charge in [-0.05, 0) is 55.2 Å². The number of aryl methyl sites for hydroxylation is 3. The van der Waals surface area contributed by atoms with Gasteiger partial charge in [0.05, 0.1) is 12.7 Å². The highest BCUT2D eigenvalue weighted by molar-refractivity contribution is 6.00. The Hall–Kier alpha value is -3.54. The first kappa shape index (κ1) is 20.2. The van der Waals surface area contributed by atoms with Crippen molar-refractivity contribution in [3.05, 3.63) is 88.2 Å². The Morgan fingerprint density at radius 3 is 2.52 bits per heavy atom. The highest BCUT2D eigenvalue weighted by Gasteiger charge is 2.12. The van der Waals surface area contributed by atoms with Gasteiger partial charge in [0.25, 0.3) is 0 Å². The van der Waals surface area contributed by atoms with Crippen molar-refractivity contribution in [1.29, 1.82) is 0 Å². The van der Waals surface area contributed by atoms with Gasteiger partial charge in [0.2, 0.25) is 5.78 Å². The van der Waals surface area contributed by atoms with E-state index < -0.39 is 5.97 Å². The Balaban J connectivity index is 1.54. The third-order valence-electron chi connectivity index (χ3n) is 4.62. The largest absolute Gasteiger partial charge is 0.454 e. The van der Waals surface area contributed by atoms with E-state index in [9.17, 15) is 9.59 Å². The van der Waals surface area contributed by atoms with Crippen LogP contribution in [-0.4, -0.2) is 33.4 Å². The molecule has 2 aromatic carbocycles. The average Bonchev–Trinajstić information content (AvgIpc) is 3.15. The molecule has 0 spiro atoms. The summed E-state index contributed by atoms with van der Waals surface area (Å²) in [6, 6.07) is 13.7. The van der Waals surface area contributed by atoms with Crippen LogP contribution >= 0.6 is 0 Å². The van der Waals surface area contributed by atoms with Crippen LogP contribution in [0, 0.1) is 20.8 Å². The van der Waals surface area contributed by atoms with Crippen molar-refractivity contribution >= 4 is 17.8 Å². The highest BCUT2D eigenvalue weighted by atomic mass is 16.5. The molecule has 0 N–H and O–H groups in total. The maximum Gasteiger partial charge on any atom is 0.331 e. The van der Waals surface area contributed by atoms with E-state index in [0.29, 0.717) is 17.8 Å². The number of esters is 1. The molecule has 0 amide bonds. The van der Waals surface area contributed by atoms with Crippen molar-refractivity contribution in [2.45, 2.75) is 27.3 Å². The van der Waals surface area contributed by atoms with Crippen LogP contribution in [0.2, 0.25) is 0 Å². The summed E-state index contributed by atoms with van der Waals surface area (Å²) in [6.07, 6.45) is 4.50. The molecule has 0 aliphatic rings. The fourth-order valence-electron chi connectivity index (χ4n) is 2.91. The first-order chi connectivity index (χ1) is 13.9. The SMILES string of the molecule is Cc1cc(C)c(C(=O)COC(=O)/C=C/c2cn(Cc3ccccc3)nn2)cc1C. The number of carbonyl (C=O) groups excluding carboxylic acids is 2. The van der Waals surface area contributed by atoms with E-state index in [1.165, 1.54) is 12.2 Å². The van der Waals surface area contributed by atoms with Crippen LogP contribution in [0.3, 0.4) is 0 Å². The minimum absolute atomic E-state index is 0.221. The van der Waals surface area contributed by atoms with Gasteiger partial charge in [0.1, 0.15) is 5.69 Å². The zero-order valence-corrected chi connectivity index (χ0v) is 16.8. The van der Waals surface area contributed by atoms with Crippen molar-refractivity contribution in [3.8, 4) is 0 Å². The smallest absolute Gasteiger partial charge is 0.331 e. The lowest BCUT2D eigenvalue weighted by molar-refractivity contribution is -0.136. The average molecular weight is 389 g/mol.